The van der Waals surface area contributed by atoms with E-state index in [4.69, 9.17) is 4.74 Å². The number of hydrogen-bond donors (Lipinski definition) is 1. The van der Waals surface area contributed by atoms with Gasteiger partial charge in [0.15, 0.2) is 0 Å². The molecule has 1 saturated heterocycles. The molecule has 0 aliphatic carbocycles. The molecule has 1 N–H and O–H groups in total. The summed E-state index contributed by atoms with van der Waals surface area (Å²) in [5.74, 6) is 0.980. The van der Waals surface area contributed by atoms with E-state index in [2.05, 4.69) is 10.2 Å². The van der Waals surface area contributed by atoms with Crippen molar-refractivity contribution in [1.29, 1.82) is 0 Å². The number of methoxy groups -OCH3 is 1. The highest BCUT2D eigenvalue weighted by Gasteiger charge is 2.24. The number of hydrogen-bond acceptors (Lipinski definition) is 4. The smallest absolute Gasteiger partial charge is 0.236 e. The zero-order valence-corrected chi connectivity index (χ0v) is 14.7. The molecular weight excluding hydrogens is 290 g/mol. The summed E-state index contributed by atoms with van der Waals surface area (Å²) in [5.41, 5.74) is 1.04. The minimum absolute atomic E-state index is 0.0106. The molecule has 2 rings (SSSR count). The van der Waals surface area contributed by atoms with Crippen LogP contribution in [0.1, 0.15) is 31.4 Å². The average Bonchev–Trinajstić information content (AvgIpc) is 2.60. The van der Waals surface area contributed by atoms with Gasteiger partial charge >= 0.3 is 0 Å². The monoisotopic (exact) mass is 319 g/mol. The summed E-state index contributed by atoms with van der Waals surface area (Å²) in [6.07, 6.45) is 2.33. The van der Waals surface area contributed by atoms with Crippen molar-refractivity contribution in [2.45, 2.75) is 31.8 Å². The van der Waals surface area contributed by atoms with Gasteiger partial charge in [0.25, 0.3) is 0 Å². The van der Waals surface area contributed by atoms with Crippen LogP contribution in [-0.4, -0.2) is 62.6 Å². The number of likely N-dealkylation sites (N-methyl/N-ethyl adjacent to an activating group) is 2. The molecule has 0 bridgehead atoms. The van der Waals surface area contributed by atoms with Crippen LogP contribution in [0.15, 0.2) is 24.3 Å². The van der Waals surface area contributed by atoms with Crippen LogP contribution in [0, 0.1) is 0 Å². The van der Waals surface area contributed by atoms with E-state index in [-0.39, 0.29) is 11.9 Å². The number of likely N-dealkylation sites (tertiary alicyclic amines) is 1. The molecule has 1 heterocycles. The lowest BCUT2D eigenvalue weighted by Crippen LogP contribution is -2.48. The SMILES string of the molecule is CNC1CCCN(CC(=O)N(C)C(C)c2ccccc2OC)C1. The number of nitrogens with one attached hydrogen (secondary N) is 1. The number of benzene rings is 1. The Hall–Kier alpha value is -1.59. The highest BCUT2D eigenvalue weighted by Crippen LogP contribution is 2.28. The molecule has 0 aromatic heterocycles. The molecule has 1 aromatic carbocycles. The molecule has 1 aromatic rings. The van der Waals surface area contributed by atoms with Gasteiger partial charge in [0, 0.05) is 25.2 Å². The van der Waals surface area contributed by atoms with Crippen molar-refractivity contribution < 1.29 is 9.53 Å². The number of amides is 1. The summed E-state index contributed by atoms with van der Waals surface area (Å²) < 4.78 is 5.42. The largest absolute Gasteiger partial charge is 0.496 e. The average molecular weight is 319 g/mol. The highest BCUT2D eigenvalue weighted by molar-refractivity contribution is 5.78. The summed E-state index contributed by atoms with van der Waals surface area (Å²) in [4.78, 5) is 16.7. The third kappa shape index (κ3) is 4.45. The second-order valence-corrected chi connectivity index (χ2v) is 6.29. The van der Waals surface area contributed by atoms with Crippen molar-refractivity contribution in [3.63, 3.8) is 0 Å². The van der Waals surface area contributed by atoms with Crippen LogP contribution < -0.4 is 10.1 Å². The number of piperidine rings is 1. The topological polar surface area (TPSA) is 44.8 Å². The van der Waals surface area contributed by atoms with Crippen LogP contribution in [0.25, 0.3) is 0 Å². The first-order valence-electron chi connectivity index (χ1n) is 8.35. The van der Waals surface area contributed by atoms with Gasteiger partial charge < -0.3 is 15.0 Å². The van der Waals surface area contributed by atoms with Crippen molar-refractivity contribution in [2.24, 2.45) is 0 Å². The van der Waals surface area contributed by atoms with Gasteiger partial charge in [-0.1, -0.05) is 18.2 Å². The lowest BCUT2D eigenvalue weighted by molar-refractivity contribution is -0.133. The molecule has 0 saturated carbocycles. The molecule has 0 radical (unpaired) electrons. The molecule has 2 atom stereocenters. The lowest BCUT2D eigenvalue weighted by atomic mass is 10.0. The first kappa shape index (κ1) is 17.8. The summed E-state index contributed by atoms with van der Waals surface area (Å²) >= 11 is 0. The van der Waals surface area contributed by atoms with Gasteiger partial charge in [-0.05, 0) is 39.4 Å². The summed E-state index contributed by atoms with van der Waals surface area (Å²) in [5, 5.41) is 3.32. The zero-order chi connectivity index (χ0) is 16.8. The van der Waals surface area contributed by atoms with Crippen LogP contribution in [0.4, 0.5) is 0 Å². The fraction of sp³-hybridized carbons (Fsp3) is 0.611. The predicted octanol–water partition coefficient (Wildman–Crippen LogP) is 1.90. The van der Waals surface area contributed by atoms with Crippen LogP contribution in [-0.2, 0) is 4.79 Å². The first-order valence-corrected chi connectivity index (χ1v) is 8.35. The number of nitrogens with zero attached hydrogens (tertiary/aromatic N) is 2. The van der Waals surface area contributed by atoms with Crippen LogP contribution in [0.3, 0.4) is 0 Å². The molecular formula is C18H29N3O2. The third-order valence-corrected chi connectivity index (χ3v) is 4.84. The van der Waals surface area contributed by atoms with Crippen molar-refractivity contribution in [2.75, 3.05) is 40.8 Å². The van der Waals surface area contributed by atoms with Crippen LogP contribution in [0.5, 0.6) is 5.75 Å². The van der Waals surface area contributed by atoms with Gasteiger partial charge in [-0.2, -0.15) is 0 Å². The quantitative estimate of drug-likeness (QED) is 0.870. The Bertz CT molecular complexity index is 521. The van der Waals surface area contributed by atoms with Crippen molar-refractivity contribution >= 4 is 5.91 Å². The van der Waals surface area contributed by atoms with Gasteiger partial charge in [-0.3, -0.25) is 9.69 Å². The second-order valence-electron chi connectivity index (χ2n) is 6.29. The molecule has 2 unspecified atom stereocenters. The maximum absolute atomic E-state index is 12.6. The van der Waals surface area contributed by atoms with E-state index in [1.807, 2.05) is 50.2 Å². The number of rotatable bonds is 6. The number of ether oxygens (including phenoxy) is 1. The zero-order valence-electron chi connectivity index (χ0n) is 14.7. The molecule has 1 aliphatic rings. The Labute approximate surface area is 139 Å². The van der Waals surface area contributed by atoms with E-state index in [0.717, 1.165) is 30.8 Å². The molecule has 1 amide bonds. The van der Waals surface area contributed by atoms with Crippen molar-refractivity contribution in [3.8, 4) is 5.75 Å². The van der Waals surface area contributed by atoms with Gasteiger partial charge in [-0.25, -0.2) is 0 Å². The van der Waals surface area contributed by atoms with E-state index < -0.39 is 0 Å². The molecule has 5 nitrogen and oxygen atoms in total. The maximum Gasteiger partial charge on any atom is 0.236 e. The lowest BCUT2D eigenvalue weighted by Gasteiger charge is -2.34. The standard InChI is InChI=1S/C18H29N3O2/c1-14(16-9-5-6-10-17(16)23-4)20(3)18(22)13-21-11-7-8-15(12-21)19-2/h5-6,9-10,14-15,19H,7-8,11-13H2,1-4H3. The first-order chi connectivity index (χ1) is 11.1. The van der Waals surface area contributed by atoms with Gasteiger partial charge in [-0.15, -0.1) is 0 Å². The fourth-order valence-electron chi connectivity index (χ4n) is 3.17. The van der Waals surface area contributed by atoms with Crippen molar-refractivity contribution in [1.82, 2.24) is 15.1 Å². The van der Waals surface area contributed by atoms with E-state index in [1.165, 1.54) is 6.42 Å². The Morgan fingerprint density at radius 3 is 2.91 bits per heavy atom. The highest BCUT2D eigenvalue weighted by atomic mass is 16.5. The second kappa shape index (κ2) is 8.31. The molecule has 0 spiro atoms. The summed E-state index contributed by atoms with van der Waals surface area (Å²) in [6, 6.07) is 8.37. The van der Waals surface area contributed by atoms with Crippen molar-refractivity contribution in [3.05, 3.63) is 29.8 Å². The van der Waals surface area contributed by atoms with Gasteiger partial charge in [0.05, 0.1) is 19.7 Å². The predicted molar refractivity (Wildman–Crippen MR) is 92.7 cm³/mol. The van der Waals surface area contributed by atoms with E-state index in [9.17, 15) is 4.79 Å². The molecule has 128 valence electrons. The summed E-state index contributed by atoms with van der Waals surface area (Å²) in [7, 11) is 5.53. The van der Waals surface area contributed by atoms with E-state index in [1.54, 1.807) is 7.11 Å². The third-order valence-electron chi connectivity index (χ3n) is 4.84. The molecule has 23 heavy (non-hydrogen) atoms. The molecule has 1 aliphatic heterocycles. The molecule has 1 fully saturated rings. The summed E-state index contributed by atoms with van der Waals surface area (Å²) in [6.45, 7) is 4.47. The Balaban J connectivity index is 1.98. The molecule has 5 heteroatoms. The van der Waals surface area contributed by atoms with Gasteiger partial charge in [0.2, 0.25) is 5.91 Å². The number of para-hydroxylation sites is 1. The Kier molecular flexibility index (Phi) is 6.42. The Morgan fingerprint density at radius 2 is 2.22 bits per heavy atom. The fourth-order valence-corrected chi connectivity index (χ4v) is 3.17. The van der Waals surface area contributed by atoms with Crippen LogP contribution >= 0.6 is 0 Å². The minimum Gasteiger partial charge on any atom is -0.496 e. The van der Waals surface area contributed by atoms with E-state index in [0.29, 0.717) is 12.6 Å². The Morgan fingerprint density at radius 1 is 1.48 bits per heavy atom. The van der Waals surface area contributed by atoms with Crippen LogP contribution in [0.2, 0.25) is 0 Å². The van der Waals surface area contributed by atoms with E-state index >= 15 is 0 Å². The normalized spacial score (nSPS) is 20.1. The number of carbonyl (C=O) groups is 1. The minimum atomic E-state index is -0.0106. The van der Waals surface area contributed by atoms with Gasteiger partial charge in [0.1, 0.15) is 5.75 Å². The maximum atomic E-state index is 12.6. The number of carbonyl (C=O) groups excluding carboxylic acids is 1.